The highest BCUT2D eigenvalue weighted by molar-refractivity contribution is 7.84. The van der Waals surface area contributed by atoms with E-state index in [1.165, 1.54) is 0 Å². The van der Waals surface area contributed by atoms with E-state index < -0.39 is 10.8 Å². The summed E-state index contributed by atoms with van der Waals surface area (Å²) in [6.45, 7) is 0. The summed E-state index contributed by atoms with van der Waals surface area (Å²) in [6.07, 6.45) is 1.66. The predicted octanol–water partition coefficient (Wildman–Crippen LogP) is 1.71. The molecule has 0 saturated carbocycles. The zero-order chi connectivity index (χ0) is 7.56. The fraction of sp³-hybridized carbons (Fsp3) is 0.143. The number of benzene rings is 1. The van der Waals surface area contributed by atoms with Crippen molar-refractivity contribution in [3.8, 4) is 0 Å². The molecule has 0 aliphatic heterocycles. The predicted molar refractivity (Wildman–Crippen MR) is 46.0 cm³/mol. The second kappa shape index (κ2) is 3.21. The molecule has 0 aliphatic rings. The minimum atomic E-state index is -0.871. The molecule has 1 atom stereocenters. The molecule has 0 aromatic heterocycles. The third-order valence-corrected chi connectivity index (χ3v) is 2.40. The Kier molecular flexibility index (Phi) is 2.51. The number of rotatable bonds is 1. The first-order chi connectivity index (χ1) is 4.70. The normalized spacial score (nSPS) is 13.0. The minimum absolute atomic E-state index is 0.845. The minimum Gasteiger partial charge on any atom is -0.255 e. The molecule has 0 heterocycles. The summed E-state index contributed by atoms with van der Waals surface area (Å²) in [4.78, 5) is 1.74. The Labute approximate surface area is 68.3 Å². The molecule has 3 heteroatoms. The molecular formula is C7H8OS2. The van der Waals surface area contributed by atoms with Crippen LogP contribution in [0.15, 0.2) is 34.1 Å². The van der Waals surface area contributed by atoms with E-state index in [2.05, 4.69) is 12.6 Å². The molecule has 0 aliphatic carbocycles. The van der Waals surface area contributed by atoms with Gasteiger partial charge in [-0.2, -0.15) is 0 Å². The van der Waals surface area contributed by atoms with Crippen LogP contribution in [0.5, 0.6) is 0 Å². The van der Waals surface area contributed by atoms with Gasteiger partial charge in [0.15, 0.2) is 0 Å². The van der Waals surface area contributed by atoms with Crippen LogP contribution in [0.25, 0.3) is 0 Å². The van der Waals surface area contributed by atoms with Crippen molar-refractivity contribution in [1.82, 2.24) is 0 Å². The van der Waals surface area contributed by atoms with Crippen molar-refractivity contribution in [2.24, 2.45) is 0 Å². The van der Waals surface area contributed by atoms with Crippen LogP contribution in [-0.2, 0) is 10.8 Å². The molecule has 54 valence electrons. The van der Waals surface area contributed by atoms with Gasteiger partial charge < -0.3 is 0 Å². The van der Waals surface area contributed by atoms with Crippen molar-refractivity contribution < 1.29 is 4.21 Å². The second-order valence-corrected chi connectivity index (χ2v) is 3.84. The summed E-state index contributed by atoms with van der Waals surface area (Å²) in [5, 5.41) is 0. The molecule has 0 fully saturated rings. The van der Waals surface area contributed by atoms with Crippen LogP contribution in [0.4, 0.5) is 0 Å². The smallest absolute Gasteiger partial charge is 0.0498 e. The average Bonchev–Trinajstić information content (AvgIpc) is 1.88. The molecule has 0 N–H and O–H groups in total. The summed E-state index contributed by atoms with van der Waals surface area (Å²) in [5.74, 6) is 0. The van der Waals surface area contributed by atoms with Crippen LogP contribution in [0.2, 0.25) is 0 Å². The summed E-state index contributed by atoms with van der Waals surface area (Å²) < 4.78 is 10.8. The molecule has 0 spiro atoms. The fourth-order valence-corrected chi connectivity index (χ4v) is 1.31. The monoisotopic (exact) mass is 172 g/mol. The Bertz CT molecular complexity index is 240. The molecular weight excluding hydrogens is 164 g/mol. The maximum Gasteiger partial charge on any atom is 0.0498 e. The lowest BCUT2D eigenvalue weighted by Gasteiger charge is -1.94. The van der Waals surface area contributed by atoms with Gasteiger partial charge in [-0.3, -0.25) is 4.21 Å². The molecule has 1 unspecified atom stereocenters. The van der Waals surface area contributed by atoms with Crippen molar-refractivity contribution in [2.75, 3.05) is 6.26 Å². The van der Waals surface area contributed by atoms with Crippen LogP contribution >= 0.6 is 12.6 Å². The van der Waals surface area contributed by atoms with Crippen molar-refractivity contribution in [2.45, 2.75) is 9.79 Å². The van der Waals surface area contributed by atoms with Crippen LogP contribution in [-0.4, -0.2) is 10.5 Å². The van der Waals surface area contributed by atoms with Crippen molar-refractivity contribution >= 4 is 23.4 Å². The van der Waals surface area contributed by atoms with Gasteiger partial charge in [0.2, 0.25) is 0 Å². The largest absolute Gasteiger partial charge is 0.255 e. The maximum atomic E-state index is 10.8. The first kappa shape index (κ1) is 7.82. The van der Waals surface area contributed by atoms with Gasteiger partial charge in [0.1, 0.15) is 0 Å². The van der Waals surface area contributed by atoms with Crippen LogP contribution in [0, 0.1) is 0 Å². The van der Waals surface area contributed by atoms with Crippen molar-refractivity contribution in [1.29, 1.82) is 0 Å². The Morgan fingerprint density at radius 2 is 1.80 bits per heavy atom. The van der Waals surface area contributed by atoms with E-state index in [0.29, 0.717) is 0 Å². The molecule has 0 amide bonds. The summed E-state index contributed by atoms with van der Waals surface area (Å²) >= 11 is 4.10. The topological polar surface area (TPSA) is 17.1 Å². The maximum absolute atomic E-state index is 10.8. The molecule has 0 radical (unpaired) electrons. The zero-order valence-corrected chi connectivity index (χ0v) is 7.28. The quantitative estimate of drug-likeness (QED) is 0.638. The van der Waals surface area contributed by atoms with Crippen molar-refractivity contribution in [3.05, 3.63) is 24.3 Å². The molecule has 1 aromatic carbocycles. The lowest BCUT2D eigenvalue weighted by atomic mass is 10.4. The number of hydrogen-bond donors (Lipinski definition) is 1. The summed E-state index contributed by atoms with van der Waals surface area (Å²) in [5.41, 5.74) is 0. The van der Waals surface area contributed by atoms with Gasteiger partial charge in [-0.15, -0.1) is 12.6 Å². The molecule has 10 heavy (non-hydrogen) atoms. The fourth-order valence-electron chi connectivity index (χ4n) is 0.638. The number of thiol groups is 1. The summed E-state index contributed by atoms with van der Waals surface area (Å²) in [7, 11) is -0.871. The molecule has 1 nitrogen and oxygen atoms in total. The van der Waals surface area contributed by atoms with Crippen LogP contribution in [0.1, 0.15) is 0 Å². The third kappa shape index (κ3) is 1.85. The van der Waals surface area contributed by atoms with Gasteiger partial charge in [0.25, 0.3) is 0 Å². The lowest BCUT2D eigenvalue weighted by Crippen LogP contribution is -1.84. The first-order valence-corrected chi connectivity index (χ1v) is 4.83. The van der Waals surface area contributed by atoms with E-state index in [1.807, 2.05) is 24.3 Å². The van der Waals surface area contributed by atoms with E-state index >= 15 is 0 Å². The highest BCUT2D eigenvalue weighted by atomic mass is 32.2. The highest BCUT2D eigenvalue weighted by Gasteiger charge is 1.93. The molecule has 1 rings (SSSR count). The highest BCUT2D eigenvalue weighted by Crippen LogP contribution is 2.09. The third-order valence-electron chi connectivity index (χ3n) is 1.17. The molecule has 1 aromatic rings. The van der Waals surface area contributed by atoms with Crippen molar-refractivity contribution in [3.63, 3.8) is 0 Å². The van der Waals surface area contributed by atoms with E-state index in [-0.39, 0.29) is 0 Å². The SMILES string of the molecule is CS(=O)c1ccc(S)cc1. The van der Waals surface area contributed by atoms with Crippen LogP contribution in [0.3, 0.4) is 0 Å². The lowest BCUT2D eigenvalue weighted by molar-refractivity contribution is 0.686. The van der Waals surface area contributed by atoms with E-state index in [4.69, 9.17) is 0 Å². The Morgan fingerprint density at radius 3 is 2.20 bits per heavy atom. The van der Waals surface area contributed by atoms with E-state index in [0.717, 1.165) is 9.79 Å². The molecule has 0 bridgehead atoms. The van der Waals surface area contributed by atoms with E-state index in [9.17, 15) is 4.21 Å². The van der Waals surface area contributed by atoms with Gasteiger partial charge in [-0.05, 0) is 24.3 Å². The van der Waals surface area contributed by atoms with Gasteiger partial charge in [-0.25, -0.2) is 0 Å². The summed E-state index contributed by atoms with van der Waals surface area (Å²) in [6, 6.07) is 7.30. The Morgan fingerprint density at radius 1 is 1.30 bits per heavy atom. The first-order valence-electron chi connectivity index (χ1n) is 2.82. The van der Waals surface area contributed by atoms with E-state index in [1.54, 1.807) is 6.26 Å². The standard InChI is InChI=1S/C7H8OS2/c1-10(8)7-4-2-6(9)3-5-7/h2-5,9H,1H3. The van der Waals surface area contributed by atoms with Gasteiger partial charge in [0.05, 0.1) is 0 Å². The van der Waals surface area contributed by atoms with Gasteiger partial charge in [-0.1, -0.05) is 0 Å². The average molecular weight is 172 g/mol. The second-order valence-electron chi connectivity index (χ2n) is 1.95. The molecule has 0 saturated heterocycles. The number of hydrogen-bond acceptors (Lipinski definition) is 2. The zero-order valence-electron chi connectivity index (χ0n) is 5.57. The Balaban J connectivity index is 3.00. The van der Waals surface area contributed by atoms with Crippen LogP contribution < -0.4 is 0 Å². The Hall–Kier alpha value is -0.280. The van der Waals surface area contributed by atoms with Gasteiger partial charge >= 0.3 is 0 Å². The van der Waals surface area contributed by atoms with Gasteiger partial charge in [0, 0.05) is 26.8 Å².